The molecule has 0 aliphatic carbocycles. The van der Waals surface area contributed by atoms with E-state index in [1.54, 1.807) is 18.2 Å². The summed E-state index contributed by atoms with van der Waals surface area (Å²) in [4.78, 5) is 22.0. The van der Waals surface area contributed by atoms with Crippen LogP contribution in [0.25, 0.3) is 0 Å². The van der Waals surface area contributed by atoms with Gasteiger partial charge in [-0.1, -0.05) is 12.1 Å². The SMILES string of the molecule is COc1cc(CSc2ccc(C=O)cc2)cc([N+](=O)[O-])c1. The van der Waals surface area contributed by atoms with Gasteiger partial charge in [0, 0.05) is 22.3 Å². The molecule has 0 heterocycles. The third-order valence-corrected chi connectivity index (χ3v) is 3.90. The van der Waals surface area contributed by atoms with Gasteiger partial charge in [-0.25, -0.2) is 0 Å². The monoisotopic (exact) mass is 303 g/mol. The number of carbonyl (C=O) groups is 1. The molecule has 5 nitrogen and oxygen atoms in total. The first kappa shape index (κ1) is 15.1. The zero-order valence-corrected chi connectivity index (χ0v) is 12.1. The lowest BCUT2D eigenvalue weighted by atomic mass is 10.2. The second-order valence-corrected chi connectivity index (χ2v) is 5.32. The van der Waals surface area contributed by atoms with E-state index >= 15 is 0 Å². The van der Waals surface area contributed by atoms with E-state index in [2.05, 4.69) is 0 Å². The van der Waals surface area contributed by atoms with Crippen LogP contribution in [0, 0.1) is 10.1 Å². The summed E-state index contributed by atoms with van der Waals surface area (Å²) >= 11 is 1.54. The van der Waals surface area contributed by atoms with Crippen molar-refractivity contribution < 1.29 is 14.5 Å². The molecule has 2 aromatic rings. The molecule has 0 amide bonds. The van der Waals surface area contributed by atoms with Gasteiger partial charge in [0.25, 0.3) is 5.69 Å². The second-order valence-electron chi connectivity index (χ2n) is 4.27. The predicted molar refractivity (Wildman–Crippen MR) is 81.0 cm³/mol. The fourth-order valence-corrected chi connectivity index (χ4v) is 2.59. The number of benzene rings is 2. The number of methoxy groups -OCH3 is 1. The summed E-state index contributed by atoms with van der Waals surface area (Å²) in [5.74, 6) is 1.05. The van der Waals surface area contributed by atoms with Crippen molar-refractivity contribution in [3.63, 3.8) is 0 Å². The Morgan fingerprint density at radius 2 is 1.95 bits per heavy atom. The second kappa shape index (κ2) is 6.90. The minimum atomic E-state index is -0.435. The fraction of sp³-hybridized carbons (Fsp3) is 0.133. The zero-order chi connectivity index (χ0) is 15.2. The molecule has 108 valence electrons. The van der Waals surface area contributed by atoms with Crippen LogP contribution in [0.4, 0.5) is 5.69 Å². The number of rotatable bonds is 6. The van der Waals surface area contributed by atoms with Crippen molar-refractivity contribution in [2.24, 2.45) is 0 Å². The van der Waals surface area contributed by atoms with Crippen molar-refractivity contribution >= 4 is 23.7 Å². The number of hydrogen-bond acceptors (Lipinski definition) is 5. The quantitative estimate of drug-likeness (QED) is 0.352. The van der Waals surface area contributed by atoms with Crippen LogP contribution >= 0.6 is 11.8 Å². The Morgan fingerprint density at radius 1 is 1.24 bits per heavy atom. The number of carbonyl (C=O) groups excluding carboxylic acids is 1. The Balaban J connectivity index is 2.12. The Bertz CT molecular complexity index is 655. The Morgan fingerprint density at radius 3 is 2.52 bits per heavy atom. The van der Waals surface area contributed by atoms with Crippen molar-refractivity contribution in [2.75, 3.05) is 7.11 Å². The summed E-state index contributed by atoms with van der Waals surface area (Å²) in [5.41, 5.74) is 1.45. The van der Waals surface area contributed by atoms with Crippen molar-refractivity contribution in [2.45, 2.75) is 10.6 Å². The lowest BCUT2D eigenvalue weighted by Crippen LogP contribution is -1.93. The maximum absolute atomic E-state index is 10.9. The minimum Gasteiger partial charge on any atom is -0.496 e. The smallest absolute Gasteiger partial charge is 0.273 e. The van der Waals surface area contributed by atoms with Crippen molar-refractivity contribution in [1.29, 1.82) is 0 Å². The van der Waals surface area contributed by atoms with E-state index in [1.165, 1.54) is 31.0 Å². The molecule has 2 aromatic carbocycles. The van der Waals surface area contributed by atoms with Crippen LogP contribution in [0.5, 0.6) is 5.75 Å². The minimum absolute atomic E-state index is 0.0150. The average molecular weight is 303 g/mol. The number of aldehydes is 1. The third-order valence-electron chi connectivity index (χ3n) is 2.82. The van der Waals surface area contributed by atoms with E-state index in [9.17, 15) is 14.9 Å². The van der Waals surface area contributed by atoms with E-state index in [0.717, 1.165) is 16.7 Å². The summed E-state index contributed by atoms with van der Waals surface area (Å²) < 4.78 is 5.08. The van der Waals surface area contributed by atoms with Crippen LogP contribution in [0.1, 0.15) is 15.9 Å². The van der Waals surface area contributed by atoms with Gasteiger partial charge >= 0.3 is 0 Å². The molecule has 0 spiro atoms. The molecular weight excluding hydrogens is 290 g/mol. The van der Waals surface area contributed by atoms with Gasteiger partial charge < -0.3 is 4.74 Å². The summed E-state index contributed by atoms with van der Waals surface area (Å²) in [5, 5.41) is 10.9. The van der Waals surface area contributed by atoms with Gasteiger partial charge in [0.05, 0.1) is 18.1 Å². The summed E-state index contributed by atoms with van der Waals surface area (Å²) in [7, 11) is 1.48. The Hall–Kier alpha value is -2.34. The molecule has 6 heteroatoms. The van der Waals surface area contributed by atoms with Gasteiger partial charge in [-0.05, 0) is 23.8 Å². The fourth-order valence-electron chi connectivity index (χ4n) is 1.76. The molecular formula is C15H13NO4S. The lowest BCUT2D eigenvalue weighted by molar-refractivity contribution is -0.385. The molecule has 0 aliphatic heterocycles. The lowest BCUT2D eigenvalue weighted by Gasteiger charge is -2.05. The van der Waals surface area contributed by atoms with E-state index in [-0.39, 0.29) is 5.69 Å². The van der Waals surface area contributed by atoms with Gasteiger partial charge in [-0.2, -0.15) is 0 Å². The molecule has 0 aliphatic rings. The molecule has 0 fully saturated rings. The van der Waals surface area contributed by atoms with Crippen molar-refractivity contribution in [3.8, 4) is 5.75 Å². The molecule has 0 radical (unpaired) electrons. The highest BCUT2D eigenvalue weighted by atomic mass is 32.2. The summed E-state index contributed by atoms with van der Waals surface area (Å²) in [6.45, 7) is 0. The number of nitro groups is 1. The largest absolute Gasteiger partial charge is 0.496 e. The molecule has 2 rings (SSSR count). The van der Waals surface area contributed by atoms with E-state index in [1.807, 2.05) is 12.1 Å². The first-order valence-electron chi connectivity index (χ1n) is 6.13. The van der Waals surface area contributed by atoms with Gasteiger partial charge in [0.15, 0.2) is 0 Å². The van der Waals surface area contributed by atoms with Crippen molar-refractivity contribution in [1.82, 2.24) is 0 Å². The topological polar surface area (TPSA) is 69.4 Å². The van der Waals surface area contributed by atoms with Crippen LogP contribution in [0.2, 0.25) is 0 Å². The zero-order valence-electron chi connectivity index (χ0n) is 11.3. The van der Waals surface area contributed by atoms with Gasteiger partial charge in [-0.3, -0.25) is 14.9 Å². The Labute approximate surface area is 126 Å². The average Bonchev–Trinajstić information content (AvgIpc) is 2.53. The number of thioether (sulfide) groups is 1. The van der Waals surface area contributed by atoms with Crippen molar-refractivity contribution in [3.05, 3.63) is 63.7 Å². The molecule has 0 aromatic heterocycles. The van der Waals surface area contributed by atoms with Crippen LogP contribution in [-0.4, -0.2) is 18.3 Å². The summed E-state index contributed by atoms with van der Waals surface area (Å²) in [6, 6.07) is 11.9. The van der Waals surface area contributed by atoms with Crippen LogP contribution in [0.15, 0.2) is 47.4 Å². The predicted octanol–water partition coefficient (Wildman–Crippen LogP) is 3.71. The number of non-ortho nitro benzene ring substituents is 1. The van der Waals surface area contributed by atoms with Crippen LogP contribution in [0.3, 0.4) is 0 Å². The number of nitro benzene ring substituents is 1. The maximum Gasteiger partial charge on any atom is 0.273 e. The molecule has 0 atom stereocenters. The highest BCUT2D eigenvalue weighted by Gasteiger charge is 2.10. The van der Waals surface area contributed by atoms with E-state index < -0.39 is 4.92 Å². The molecule has 0 saturated carbocycles. The maximum atomic E-state index is 10.9. The van der Waals surface area contributed by atoms with Crippen LogP contribution < -0.4 is 4.74 Å². The molecule has 0 unspecified atom stereocenters. The first-order chi connectivity index (χ1) is 10.1. The Kier molecular flexibility index (Phi) is 4.94. The standard InChI is InChI=1S/C15H13NO4S/c1-20-14-7-12(6-13(8-14)16(18)19)10-21-15-4-2-11(9-17)3-5-15/h2-9H,10H2,1H3. The highest BCUT2D eigenvalue weighted by Crippen LogP contribution is 2.28. The van der Waals surface area contributed by atoms with Gasteiger partial charge in [0.1, 0.15) is 12.0 Å². The normalized spacial score (nSPS) is 10.1. The molecule has 0 saturated heterocycles. The molecule has 0 N–H and O–H groups in total. The van der Waals surface area contributed by atoms with Crippen LogP contribution in [-0.2, 0) is 5.75 Å². The van der Waals surface area contributed by atoms with E-state index in [4.69, 9.17) is 4.74 Å². The highest BCUT2D eigenvalue weighted by molar-refractivity contribution is 7.98. The number of nitrogens with zero attached hydrogens (tertiary/aromatic N) is 1. The third kappa shape index (κ3) is 4.06. The number of ether oxygens (including phenoxy) is 1. The molecule has 0 bridgehead atoms. The van der Waals surface area contributed by atoms with E-state index in [0.29, 0.717) is 17.1 Å². The van der Waals surface area contributed by atoms with Gasteiger partial charge in [0.2, 0.25) is 0 Å². The number of hydrogen-bond donors (Lipinski definition) is 0. The molecule has 21 heavy (non-hydrogen) atoms. The van der Waals surface area contributed by atoms with Gasteiger partial charge in [-0.15, -0.1) is 11.8 Å². The summed E-state index contributed by atoms with van der Waals surface area (Å²) in [6.07, 6.45) is 0.792. The first-order valence-corrected chi connectivity index (χ1v) is 7.11.